The van der Waals surface area contributed by atoms with Crippen LogP contribution in [0.1, 0.15) is 51.7 Å². The van der Waals surface area contributed by atoms with Gasteiger partial charge < -0.3 is 0 Å². The maximum atomic E-state index is 12.7. The minimum absolute atomic E-state index is 0.188. The minimum atomic E-state index is -0.368. The standard InChI is InChI=1S/C21H21N3O2/c1-13(2)19-12-17(16-10-6-7-11-18(16)22-19)21(26)24-23-20(25)15-9-5-4-8-14(15)3/h4-13H,1-3H3,(H,23,25)(H,24,26). The van der Waals surface area contributed by atoms with E-state index in [1.165, 1.54) is 0 Å². The third-order valence-electron chi connectivity index (χ3n) is 4.25. The van der Waals surface area contributed by atoms with Crippen molar-refractivity contribution in [2.75, 3.05) is 0 Å². The molecule has 0 aliphatic rings. The number of carbonyl (C=O) groups is 2. The third-order valence-corrected chi connectivity index (χ3v) is 4.25. The molecule has 0 saturated carbocycles. The first-order chi connectivity index (χ1) is 12.5. The van der Waals surface area contributed by atoms with E-state index in [-0.39, 0.29) is 17.7 Å². The molecule has 0 spiro atoms. The number of hydrazine groups is 1. The number of benzene rings is 2. The van der Waals surface area contributed by atoms with Crippen LogP contribution in [0.5, 0.6) is 0 Å². The Bertz CT molecular complexity index is 980. The van der Waals surface area contributed by atoms with Gasteiger partial charge >= 0.3 is 0 Å². The first-order valence-electron chi connectivity index (χ1n) is 8.53. The smallest absolute Gasteiger partial charge is 0.267 e. The number of pyridine rings is 1. The van der Waals surface area contributed by atoms with Crippen molar-refractivity contribution in [1.29, 1.82) is 0 Å². The van der Waals surface area contributed by atoms with Crippen molar-refractivity contribution in [3.63, 3.8) is 0 Å². The summed E-state index contributed by atoms with van der Waals surface area (Å²) in [6.45, 7) is 5.90. The van der Waals surface area contributed by atoms with Crippen LogP contribution < -0.4 is 10.9 Å². The molecule has 2 N–H and O–H groups in total. The van der Waals surface area contributed by atoms with Gasteiger partial charge in [-0.05, 0) is 36.6 Å². The van der Waals surface area contributed by atoms with Gasteiger partial charge in [-0.3, -0.25) is 25.4 Å². The molecule has 1 heterocycles. The van der Waals surface area contributed by atoms with Crippen LogP contribution in [-0.4, -0.2) is 16.8 Å². The van der Waals surface area contributed by atoms with Crippen LogP contribution in [0.4, 0.5) is 0 Å². The van der Waals surface area contributed by atoms with Crippen molar-refractivity contribution in [3.8, 4) is 0 Å². The van der Waals surface area contributed by atoms with Gasteiger partial charge in [0.05, 0.1) is 11.1 Å². The van der Waals surface area contributed by atoms with E-state index in [1.54, 1.807) is 18.2 Å². The highest BCUT2D eigenvalue weighted by molar-refractivity contribution is 6.07. The summed E-state index contributed by atoms with van der Waals surface area (Å²) < 4.78 is 0. The lowest BCUT2D eigenvalue weighted by atomic mass is 10.0. The van der Waals surface area contributed by atoms with E-state index in [0.29, 0.717) is 11.1 Å². The van der Waals surface area contributed by atoms with Gasteiger partial charge in [0.25, 0.3) is 11.8 Å². The summed E-state index contributed by atoms with van der Waals surface area (Å²) >= 11 is 0. The van der Waals surface area contributed by atoms with Crippen molar-refractivity contribution in [3.05, 3.63) is 77.0 Å². The zero-order chi connectivity index (χ0) is 18.7. The number of fused-ring (bicyclic) bond motifs is 1. The Morgan fingerprint density at radius 2 is 1.50 bits per heavy atom. The zero-order valence-corrected chi connectivity index (χ0v) is 15.0. The normalized spacial score (nSPS) is 10.8. The predicted octanol–water partition coefficient (Wildman–Crippen LogP) is 3.74. The van der Waals surface area contributed by atoms with E-state index < -0.39 is 0 Å². The van der Waals surface area contributed by atoms with Gasteiger partial charge in [-0.15, -0.1) is 0 Å². The second kappa shape index (κ2) is 7.35. The van der Waals surface area contributed by atoms with Gasteiger partial charge in [-0.25, -0.2) is 0 Å². The van der Waals surface area contributed by atoms with Crippen LogP contribution in [0.25, 0.3) is 10.9 Å². The zero-order valence-electron chi connectivity index (χ0n) is 15.0. The summed E-state index contributed by atoms with van der Waals surface area (Å²) in [6, 6.07) is 16.5. The first-order valence-corrected chi connectivity index (χ1v) is 8.53. The number of nitrogens with zero attached hydrogens (tertiary/aromatic N) is 1. The Kier molecular flexibility index (Phi) is 4.98. The number of hydrogen-bond acceptors (Lipinski definition) is 3. The van der Waals surface area contributed by atoms with Crippen molar-refractivity contribution < 1.29 is 9.59 Å². The Labute approximate surface area is 152 Å². The number of amides is 2. The van der Waals surface area contributed by atoms with Gasteiger partial charge in [-0.2, -0.15) is 0 Å². The number of rotatable bonds is 3. The second-order valence-electron chi connectivity index (χ2n) is 6.49. The average molecular weight is 347 g/mol. The fourth-order valence-corrected chi connectivity index (χ4v) is 2.76. The Morgan fingerprint density at radius 1 is 0.885 bits per heavy atom. The molecular formula is C21H21N3O2. The van der Waals surface area contributed by atoms with E-state index in [1.807, 2.05) is 57.2 Å². The van der Waals surface area contributed by atoms with E-state index in [2.05, 4.69) is 15.8 Å². The molecule has 1 aromatic heterocycles. The summed E-state index contributed by atoms with van der Waals surface area (Å²) in [6.07, 6.45) is 0. The maximum absolute atomic E-state index is 12.7. The highest BCUT2D eigenvalue weighted by atomic mass is 16.2. The second-order valence-corrected chi connectivity index (χ2v) is 6.49. The monoisotopic (exact) mass is 347 g/mol. The molecule has 0 aliphatic carbocycles. The van der Waals surface area contributed by atoms with Crippen LogP contribution in [0.2, 0.25) is 0 Å². The molecule has 2 amide bonds. The maximum Gasteiger partial charge on any atom is 0.270 e. The van der Waals surface area contributed by atoms with Crippen LogP contribution in [-0.2, 0) is 0 Å². The Balaban J connectivity index is 1.86. The van der Waals surface area contributed by atoms with Crippen molar-refractivity contribution in [2.45, 2.75) is 26.7 Å². The SMILES string of the molecule is Cc1ccccc1C(=O)NNC(=O)c1cc(C(C)C)nc2ccccc12. The molecule has 0 saturated heterocycles. The van der Waals surface area contributed by atoms with E-state index in [9.17, 15) is 9.59 Å². The molecule has 5 nitrogen and oxygen atoms in total. The molecule has 0 radical (unpaired) electrons. The number of aryl methyl sites for hydroxylation is 1. The fourth-order valence-electron chi connectivity index (χ4n) is 2.76. The number of carbonyl (C=O) groups excluding carboxylic acids is 2. The van der Waals surface area contributed by atoms with Crippen LogP contribution in [0, 0.1) is 6.92 Å². The summed E-state index contributed by atoms with van der Waals surface area (Å²) in [7, 11) is 0. The van der Waals surface area contributed by atoms with Gasteiger partial charge in [0, 0.05) is 16.6 Å². The van der Waals surface area contributed by atoms with Gasteiger partial charge in [-0.1, -0.05) is 50.2 Å². The predicted molar refractivity (Wildman–Crippen MR) is 102 cm³/mol. The highest BCUT2D eigenvalue weighted by Crippen LogP contribution is 2.22. The van der Waals surface area contributed by atoms with E-state index >= 15 is 0 Å². The van der Waals surface area contributed by atoms with Crippen molar-refractivity contribution >= 4 is 22.7 Å². The molecule has 132 valence electrons. The van der Waals surface area contributed by atoms with E-state index in [4.69, 9.17) is 0 Å². The quantitative estimate of drug-likeness (QED) is 0.709. The number of hydrogen-bond donors (Lipinski definition) is 2. The lowest BCUT2D eigenvalue weighted by molar-refractivity contribution is 0.0847. The number of nitrogens with one attached hydrogen (secondary N) is 2. The molecule has 0 atom stereocenters. The largest absolute Gasteiger partial charge is 0.270 e. The fraction of sp³-hybridized carbons (Fsp3) is 0.190. The van der Waals surface area contributed by atoms with Crippen LogP contribution in [0.3, 0.4) is 0 Å². The molecular weight excluding hydrogens is 326 g/mol. The Morgan fingerprint density at radius 3 is 2.19 bits per heavy atom. The highest BCUT2D eigenvalue weighted by Gasteiger charge is 2.16. The molecule has 3 aromatic rings. The molecule has 26 heavy (non-hydrogen) atoms. The summed E-state index contributed by atoms with van der Waals surface area (Å²) in [5.74, 6) is -0.529. The van der Waals surface area contributed by atoms with Crippen LogP contribution >= 0.6 is 0 Å². The first kappa shape index (κ1) is 17.6. The molecule has 0 aliphatic heterocycles. The van der Waals surface area contributed by atoms with Gasteiger partial charge in [0.1, 0.15) is 0 Å². The molecule has 0 bridgehead atoms. The van der Waals surface area contributed by atoms with Crippen molar-refractivity contribution in [2.24, 2.45) is 0 Å². The Hall–Kier alpha value is -3.21. The lowest BCUT2D eigenvalue weighted by Gasteiger charge is -2.13. The molecule has 2 aromatic carbocycles. The third kappa shape index (κ3) is 3.57. The summed E-state index contributed by atoms with van der Waals surface area (Å²) in [5, 5.41) is 0.750. The molecule has 5 heteroatoms. The van der Waals surface area contributed by atoms with Crippen LogP contribution in [0.15, 0.2) is 54.6 Å². The molecule has 0 fully saturated rings. The van der Waals surface area contributed by atoms with Gasteiger partial charge in [0.15, 0.2) is 0 Å². The summed E-state index contributed by atoms with van der Waals surface area (Å²) in [4.78, 5) is 29.6. The molecule has 3 rings (SSSR count). The molecule has 0 unspecified atom stereocenters. The number of para-hydroxylation sites is 1. The lowest BCUT2D eigenvalue weighted by Crippen LogP contribution is -2.42. The van der Waals surface area contributed by atoms with Crippen molar-refractivity contribution in [1.82, 2.24) is 15.8 Å². The van der Waals surface area contributed by atoms with E-state index in [0.717, 1.165) is 22.2 Å². The summed E-state index contributed by atoms with van der Waals surface area (Å²) in [5.41, 5.74) is 8.46. The topological polar surface area (TPSA) is 71.1 Å². The van der Waals surface area contributed by atoms with Gasteiger partial charge in [0.2, 0.25) is 0 Å². The average Bonchev–Trinajstić information content (AvgIpc) is 2.65. The number of aromatic nitrogens is 1. The minimum Gasteiger partial charge on any atom is -0.267 e.